The molecule has 0 radical (unpaired) electrons. The van der Waals surface area contributed by atoms with Crippen molar-refractivity contribution in [2.24, 2.45) is 0 Å². The fraction of sp³-hybridized carbons (Fsp3) is 0.167. The molecule has 0 saturated heterocycles. The van der Waals surface area contributed by atoms with Gasteiger partial charge in [0.2, 0.25) is 5.95 Å². The highest BCUT2D eigenvalue weighted by molar-refractivity contribution is 5.76. The highest BCUT2D eigenvalue weighted by atomic mass is 19.1. The molecule has 0 bridgehead atoms. The molecule has 5 nitrogen and oxygen atoms in total. The van der Waals surface area contributed by atoms with Crippen molar-refractivity contribution >= 4 is 11.6 Å². The van der Waals surface area contributed by atoms with Crippen LogP contribution in [0.15, 0.2) is 54.6 Å². The van der Waals surface area contributed by atoms with Crippen molar-refractivity contribution in [3.05, 3.63) is 77.1 Å². The number of nitrogens with zero attached hydrogens (tertiary/aromatic N) is 4. The first kappa shape index (κ1) is 14.6. The summed E-state index contributed by atoms with van der Waals surface area (Å²) in [7, 11) is 0. The summed E-state index contributed by atoms with van der Waals surface area (Å²) in [5.41, 5.74) is 4.14. The van der Waals surface area contributed by atoms with Gasteiger partial charge in [-0.25, -0.2) is 4.39 Å². The predicted molar refractivity (Wildman–Crippen MR) is 89.8 cm³/mol. The maximum Gasteiger partial charge on any atom is 0.248 e. The highest BCUT2D eigenvalue weighted by Gasteiger charge is 2.24. The van der Waals surface area contributed by atoms with Crippen LogP contribution in [0.5, 0.6) is 0 Å². The lowest BCUT2D eigenvalue weighted by molar-refractivity contribution is 0.585. The minimum absolute atomic E-state index is 0.109. The number of halogens is 1. The number of rotatable bonds is 3. The summed E-state index contributed by atoms with van der Waals surface area (Å²) in [5.74, 6) is 0.313. The van der Waals surface area contributed by atoms with Crippen LogP contribution in [0.2, 0.25) is 0 Å². The number of benzene rings is 2. The van der Waals surface area contributed by atoms with Crippen LogP contribution < -0.4 is 5.32 Å². The van der Waals surface area contributed by atoms with Crippen LogP contribution in [0, 0.1) is 5.82 Å². The number of nitrogens with one attached hydrogen (secondary N) is 1. The Bertz CT molecular complexity index is 881. The van der Waals surface area contributed by atoms with Crippen LogP contribution >= 0.6 is 0 Å². The maximum atomic E-state index is 13.2. The second-order valence-corrected chi connectivity index (χ2v) is 5.70. The van der Waals surface area contributed by atoms with Gasteiger partial charge in [-0.1, -0.05) is 36.3 Å². The zero-order valence-electron chi connectivity index (χ0n) is 13.1. The number of hydrogen-bond acceptors (Lipinski definition) is 4. The van der Waals surface area contributed by atoms with Gasteiger partial charge in [-0.3, -0.25) is 0 Å². The Morgan fingerprint density at radius 1 is 1.08 bits per heavy atom. The van der Waals surface area contributed by atoms with E-state index in [1.165, 1.54) is 17.7 Å². The van der Waals surface area contributed by atoms with E-state index in [1.807, 2.05) is 0 Å². The maximum absolute atomic E-state index is 13.2. The number of anilines is 1. The summed E-state index contributed by atoms with van der Waals surface area (Å²) in [5, 5.41) is 15.1. The lowest BCUT2D eigenvalue weighted by Gasteiger charge is -2.23. The minimum Gasteiger partial charge on any atom is -0.323 e. The van der Waals surface area contributed by atoms with Crippen molar-refractivity contribution in [2.75, 3.05) is 5.32 Å². The quantitative estimate of drug-likeness (QED) is 0.803. The third-order valence-electron chi connectivity index (χ3n) is 4.21. The number of aryl methyl sites for hydroxylation is 1. The zero-order valence-corrected chi connectivity index (χ0v) is 13.1. The van der Waals surface area contributed by atoms with Gasteiger partial charge < -0.3 is 5.32 Å². The van der Waals surface area contributed by atoms with Crippen LogP contribution in [0.4, 0.5) is 10.3 Å². The van der Waals surface area contributed by atoms with E-state index in [0.717, 1.165) is 23.2 Å². The first-order valence-electron chi connectivity index (χ1n) is 7.86. The standard InChI is InChI=1S/C18H16FN5/c1-2-12-3-5-14(6-4-12)17-11-16(13-7-9-15(19)10-8-13)20-18-21-22-23-24(17)18/h3-11,17H,2H2,1H3,(H,20,21,23). The van der Waals surface area contributed by atoms with Gasteiger partial charge in [0.25, 0.3) is 0 Å². The molecular weight excluding hydrogens is 305 g/mol. The van der Waals surface area contributed by atoms with Gasteiger partial charge in [0.15, 0.2) is 0 Å². The molecule has 2 heterocycles. The average molecular weight is 321 g/mol. The van der Waals surface area contributed by atoms with Crippen molar-refractivity contribution in [1.29, 1.82) is 0 Å². The molecule has 1 aliphatic rings. The van der Waals surface area contributed by atoms with Gasteiger partial charge in [-0.05, 0) is 63.9 Å². The molecule has 2 aromatic carbocycles. The molecule has 1 atom stereocenters. The van der Waals surface area contributed by atoms with Gasteiger partial charge in [0, 0.05) is 5.70 Å². The molecule has 3 aromatic rings. The Labute approximate surface area is 138 Å². The molecule has 0 amide bonds. The van der Waals surface area contributed by atoms with Crippen molar-refractivity contribution in [2.45, 2.75) is 19.4 Å². The molecule has 1 unspecified atom stereocenters. The van der Waals surface area contributed by atoms with E-state index in [9.17, 15) is 4.39 Å². The fourth-order valence-corrected chi connectivity index (χ4v) is 2.84. The second kappa shape index (κ2) is 5.88. The molecular formula is C18H16FN5. The van der Waals surface area contributed by atoms with E-state index in [-0.39, 0.29) is 11.9 Å². The van der Waals surface area contributed by atoms with E-state index >= 15 is 0 Å². The fourth-order valence-electron chi connectivity index (χ4n) is 2.84. The molecule has 1 N–H and O–H groups in total. The third-order valence-corrected chi connectivity index (χ3v) is 4.21. The van der Waals surface area contributed by atoms with Gasteiger partial charge in [-0.2, -0.15) is 4.68 Å². The Kier molecular flexibility index (Phi) is 3.57. The lowest BCUT2D eigenvalue weighted by Crippen LogP contribution is -2.20. The number of hydrogen-bond donors (Lipinski definition) is 1. The molecule has 0 aliphatic carbocycles. The molecule has 0 spiro atoms. The molecule has 0 fully saturated rings. The molecule has 6 heteroatoms. The normalized spacial score (nSPS) is 16.2. The van der Waals surface area contributed by atoms with Crippen LogP contribution in [0.1, 0.15) is 29.7 Å². The Balaban J connectivity index is 1.77. The van der Waals surface area contributed by atoms with Crippen LogP contribution in [-0.4, -0.2) is 20.2 Å². The van der Waals surface area contributed by atoms with Crippen LogP contribution in [0.3, 0.4) is 0 Å². The van der Waals surface area contributed by atoms with E-state index < -0.39 is 0 Å². The van der Waals surface area contributed by atoms with Crippen molar-refractivity contribution in [1.82, 2.24) is 20.2 Å². The summed E-state index contributed by atoms with van der Waals surface area (Å²) in [6, 6.07) is 14.7. The Morgan fingerprint density at radius 3 is 2.54 bits per heavy atom. The highest BCUT2D eigenvalue weighted by Crippen LogP contribution is 2.31. The molecule has 120 valence electrons. The molecule has 0 saturated carbocycles. The Morgan fingerprint density at radius 2 is 1.83 bits per heavy atom. The Hall–Kier alpha value is -3.02. The number of aromatic nitrogens is 4. The van der Waals surface area contributed by atoms with Gasteiger partial charge in [0.1, 0.15) is 11.9 Å². The van der Waals surface area contributed by atoms with Crippen molar-refractivity contribution in [3.63, 3.8) is 0 Å². The van der Waals surface area contributed by atoms with Crippen LogP contribution in [0.25, 0.3) is 5.70 Å². The summed E-state index contributed by atoms with van der Waals surface area (Å²) in [6.45, 7) is 2.13. The molecule has 1 aromatic heterocycles. The summed E-state index contributed by atoms with van der Waals surface area (Å²) in [6.07, 6.45) is 3.05. The molecule has 24 heavy (non-hydrogen) atoms. The van der Waals surface area contributed by atoms with Crippen LogP contribution in [-0.2, 0) is 6.42 Å². The summed E-state index contributed by atoms with van der Waals surface area (Å²) >= 11 is 0. The number of fused-ring (bicyclic) bond motifs is 1. The van der Waals surface area contributed by atoms with E-state index in [0.29, 0.717) is 5.95 Å². The monoisotopic (exact) mass is 321 g/mol. The summed E-state index contributed by atoms with van der Waals surface area (Å²) in [4.78, 5) is 0. The smallest absolute Gasteiger partial charge is 0.248 e. The SMILES string of the molecule is CCc1ccc(C2C=C(c3ccc(F)cc3)Nc3nnnn32)cc1. The zero-order chi connectivity index (χ0) is 16.5. The number of allylic oxidation sites excluding steroid dienone is 1. The minimum atomic E-state index is -0.258. The summed E-state index contributed by atoms with van der Waals surface area (Å²) < 4.78 is 14.9. The molecule has 4 rings (SSSR count). The molecule has 1 aliphatic heterocycles. The lowest BCUT2D eigenvalue weighted by atomic mass is 10.00. The van der Waals surface area contributed by atoms with Gasteiger partial charge >= 0.3 is 0 Å². The van der Waals surface area contributed by atoms with E-state index in [4.69, 9.17) is 0 Å². The predicted octanol–water partition coefficient (Wildman–Crippen LogP) is 3.43. The van der Waals surface area contributed by atoms with Gasteiger partial charge in [0.05, 0.1) is 0 Å². The first-order chi connectivity index (χ1) is 11.7. The largest absolute Gasteiger partial charge is 0.323 e. The first-order valence-corrected chi connectivity index (χ1v) is 7.86. The third kappa shape index (κ3) is 2.56. The number of tetrazole rings is 1. The topological polar surface area (TPSA) is 55.6 Å². The van der Waals surface area contributed by atoms with E-state index in [1.54, 1.807) is 16.8 Å². The average Bonchev–Trinajstić information content (AvgIpc) is 3.10. The van der Waals surface area contributed by atoms with Crippen molar-refractivity contribution in [3.8, 4) is 0 Å². The van der Waals surface area contributed by atoms with Crippen molar-refractivity contribution < 1.29 is 4.39 Å². The van der Waals surface area contributed by atoms with E-state index in [2.05, 4.69) is 58.1 Å². The second-order valence-electron chi connectivity index (χ2n) is 5.70. The van der Waals surface area contributed by atoms with Gasteiger partial charge in [-0.15, -0.1) is 0 Å².